The van der Waals surface area contributed by atoms with Crippen LogP contribution in [0.2, 0.25) is 10.0 Å². The summed E-state index contributed by atoms with van der Waals surface area (Å²) in [6.07, 6.45) is -3.70. The third-order valence-electron chi connectivity index (χ3n) is 4.27. The molecule has 31 heavy (non-hydrogen) atoms. The molecule has 1 aromatic heterocycles. The summed E-state index contributed by atoms with van der Waals surface area (Å²) in [5, 5.41) is 4.57. The van der Waals surface area contributed by atoms with Crippen molar-refractivity contribution < 1.29 is 32.3 Å². The van der Waals surface area contributed by atoms with E-state index >= 15 is 0 Å². The van der Waals surface area contributed by atoms with Crippen LogP contribution in [0.1, 0.15) is 21.8 Å². The van der Waals surface area contributed by atoms with Crippen molar-refractivity contribution in [1.82, 2.24) is 10.1 Å². The first-order valence-electron chi connectivity index (χ1n) is 8.88. The van der Waals surface area contributed by atoms with Gasteiger partial charge in [-0.2, -0.15) is 0 Å². The van der Waals surface area contributed by atoms with Crippen molar-refractivity contribution in [3.63, 3.8) is 0 Å². The van der Waals surface area contributed by atoms with E-state index in [4.69, 9.17) is 32.5 Å². The van der Waals surface area contributed by atoms with E-state index in [1.807, 2.05) is 0 Å². The zero-order valence-corrected chi connectivity index (χ0v) is 17.4. The number of alkyl halides is 2. The van der Waals surface area contributed by atoms with Crippen LogP contribution in [0.15, 0.2) is 47.0 Å². The van der Waals surface area contributed by atoms with Gasteiger partial charge in [0.15, 0.2) is 23.0 Å². The number of hydrogen-bond acceptors (Lipinski definition) is 6. The largest absolute Gasteiger partial charge is 0.586 e. The standard InChI is InChI=1S/C20H14Cl2F2N2O5/c1-26(9-11-2-4-17-18(6-11)30-20(23,24)29-17)19(27)15-8-13(31-25-15)10-28-16-5-3-12(21)7-14(16)22/h2-8H,9-10H2,1H3. The predicted molar refractivity (Wildman–Crippen MR) is 106 cm³/mol. The fourth-order valence-corrected chi connectivity index (χ4v) is 3.32. The third-order valence-corrected chi connectivity index (χ3v) is 4.80. The van der Waals surface area contributed by atoms with E-state index in [-0.39, 0.29) is 30.3 Å². The molecule has 0 atom stereocenters. The van der Waals surface area contributed by atoms with Crippen LogP contribution in [-0.2, 0) is 13.2 Å². The molecule has 4 rings (SSSR count). The highest BCUT2D eigenvalue weighted by Gasteiger charge is 2.43. The molecule has 2 heterocycles. The highest BCUT2D eigenvalue weighted by atomic mass is 35.5. The molecule has 0 unspecified atom stereocenters. The number of rotatable bonds is 6. The molecular formula is C20H14Cl2F2N2O5. The van der Waals surface area contributed by atoms with E-state index in [1.54, 1.807) is 31.3 Å². The van der Waals surface area contributed by atoms with Crippen LogP contribution in [0.5, 0.6) is 17.2 Å². The molecule has 0 aliphatic carbocycles. The Bertz CT molecular complexity index is 1140. The van der Waals surface area contributed by atoms with Gasteiger partial charge in [-0.3, -0.25) is 4.79 Å². The van der Waals surface area contributed by atoms with E-state index in [0.29, 0.717) is 27.1 Å². The molecule has 7 nitrogen and oxygen atoms in total. The molecule has 0 bridgehead atoms. The zero-order valence-electron chi connectivity index (χ0n) is 15.9. The summed E-state index contributed by atoms with van der Waals surface area (Å²) in [6, 6.07) is 10.5. The Morgan fingerprint density at radius 3 is 2.68 bits per heavy atom. The van der Waals surface area contributed by atoms with Gasteiger partial charge >= 0.3 is 6.29 Å². The summed E-state index contributed by atoms with van der Waals surface area (Å²) >= 11 is 11.9. The van der Waals surface area contributed by atoms with Crippen LogP contribution in [0, 0.1) is 0 Å². The van der Waals surface area contributed by atoms with E-state index < -0.39 is 12.2 Å². The number of ether oxygens (including phenoxy) is 3. The molecule has 1 aliphatic rings. The summed E-state index contributed by atoms with van der Waals surface area (Å²) < 4.78 is 45.8. The molecule has 0 N–H and O–H groups in total. The van der Waals surface area contributed by atoms with Crippen LogP contribution < -0.4 is 14.2 Å². The minimum absolute atomic E-state index is 0.00171. The zero-order chi connectivity index (χ0) is 22.2. The van der Waals surface area contributed by atoms with Crippen LogP contribution in [0.3, 0.4) is 0 Å². The van der Waals surface area contributed by atoms with Gasteiger partial charge < -0.3 is 23.6 Å². The second-order valence-corrected chi connectivity index (χ2v) is 7.50. The van der Waals surface area contributed by atoms with E-state index in [9.17, 15) is 13.6 Å². The lowest BCUT2D eigenvalue weighted by Gasteiger charge is -2.15. The van der Waals surface area contributed by atoms with Crippen LogP contribution in [0.25, 0.3) is 0 Å². The molecule has 1 aliphatic heterocycles. The number of hydrogen-bond donors (Lipinski definition) is 0. The summed E-state index contributed by atoms with van der Waals surface area (Å²) in [6.45, 7) is 0.127. The number of carbonyl (C=O) groups excluding carboxylic acids is 1. The minimum Gasteiger partial charge on any atom is -0.484 e. The van der Waals surface area contributed by atoms with Gasteiger partial charge in [-0.15, -0.1) is 8.78 Å². The van der Waals surface area contributed by atoms with Gasteiger partial charge in [0.2, 0.25) is 0 Å². The monoisotopic (exact) mass is 470 g/mol. The summed E-state index contributed by atoms with van der Waals surface area (Å²) in [7, 11) is 1.54. The van der Waals surface area contributed by atoms with Crippen LogP contribution in [0.4, 0.5) is 8.78 Å². The number of aromatic nitrogens is 1. The van der Waals surface area contributed by atoms with Crippen LogP contribution >= 0.6 is 23.2 Å². The molecule has 0 saturated carbocycles. The van der Waals surface area contributed by atoms with Crippen LogP contribution in [-0.4, -0.2) is 29.3 Å². The first-order chi connectivity index (χ1) is 14.7. The van der Waals surface area contributed by atoms with Crippen molar-refractivity contribution in [3.05, 3.63) is 69.5 Å². The van der Waals surface area contributed by atoms with Gasteiger partial charge in [-0.1, -0.05) is 34.4 Å². The Morgan fingerprint density at radius 1 is 1.13 bits per heavy atom. The van der Waals surface area contributed by atoms with E-state index in [1.165, 1.54) is 23.1 Å². The molecule has 0 saturated heterocycles. The Labute approximate surface area is 185 Å². The number of carbonyl (C=O) groups is 1. The van der Waals surface area contributed by atoms with Gasteiger partial charge in [-0.25, -0.2) is 0 Å². The van der Waals surface area contributed by atoms with Crippen molar-refractivity contribution >= 4 is 29.1 Å². The molecule has 1 amide bonds. The minimum atomic E-state index is -3.70. The fraction of sp³-hybridized carbons (Fsp3) is 0.200. The normalized spacial score (nSPS) is 13.8. The number of nitrogens with zero attached hydrogens (tertiary/aromatic N) is 2. The molecular weight excluding hydrogens is 457 g/mol. The molecule has 0 fully saturated rings. The van der Waals surface area contributed by atoms with Gasteiger partial charge in [0.25, 0.3) is 5.91 Å². The third kappa shape index (κ3) is 4.83. The average molecular weight is 471 g/mol. The smallest absolute Gasteiger partial charge is 0.484 e. The van der Waals surface area contributed by atoms with Crippen molar-refractivity contribution in [1.29, 1.82) is 0 Å². The number of halogens is 4. The summed E-state index contributed by atoms with van der Waals surface area (Å²) in [5.74, 6) is 0.131. The Balaban J connectivity index is 1.37. The highest BCUT2D eigenvalue weighted by molar-refractivity contribution is 6.35. The summed E-state index contributed by atoms with van der Waals surface area (Å²) in [5.41, 5.74) is 0.635. The van der Waals surface area contributed by atoms with Gasteiger partial charge in [0.05, 0.1) is 5.02 Å². The van der Waals surface area contributed by atoms with Gasteiger partial charge in [0, 0.05) is 24.7 Å². The van der Waals surface area contributed by atoms with Crippen molar-refractivity contribution in [2.75, 3.05) is 7.05 Å². The topological polar surface area (TPSA) is 74.0 Å². The Kier molecular flexibility index (Phi) is 5.63. The summed E-state index contributed by atoms with van der Waals surface area (Å²) in [4.78, 5) is 14.0. The molecule has 0 radical (unpaired) electrons. The predicted octanol–water partition coefficient (Wildman–Crippen LogP) is 5.15. The quantitative estimate of drug-likeness (QED) is 0.495. The maximum absolute atomic E-state index is 13.1. The van der Waals surface area contributed by atoms with Gasteiger partial charge in [0.1, 0.15) is 12.4 Å². The Hall–Kier alpha value is -3.04. The fourth-order valence-electron chi connectivity index (χ4n) is 2.86. The highest BCUT2D eigenvalue weighted by Crippen LogP contribution is 2.41. The first kappa shape index (κ1) is 21.2. The second kappa shape index (κ2) is 8.24. The lowest BCUT2D eigenvalue weighted by Crippen LogP contribution is -2.26. The number of amides is 1. The van der Waals surface area contributed by atoms with Crippen molar-refractivity contribution in [3.8, 4) is 17.2 Å². The SMILES string of the molecule is CN(Cc1ccc2c(c1)OC(F)(F)O2)C(=O)c1cc(COc2ccc(Cl)cc2Cl)on1. The van der Waals surface area contributed by atoms with Gasteiger partial charge in [-0.05, 0) is 35.9 Å². The lowest BCUT2D eigenvalue weighted by molar-refractivity contribution is -0.286. The molecule has 3 aromatic rings. The number of fused-ring (bicyclic) bond motifs is 1. The van der Waals surface area contributed by atoms with Crippen molar-refractivity contribution in [2.45, 2.75) is 19.4 Å². The molecule has 11 heteroatoms. The lowest BCUT2D eigenvalue weighted by atomic mass is 10.2. The maximum Gasteiger partial charge on any atom is 0.586 e. The Morgan fingerprint density at radius 2 is 1.90 bits per heavy atom. The van der Waals surface area contributed by atoms with E-state index in [0.717, 1.165) is 0 Å². The molecule has 2 aromatic carbocycles. The van der Waals surface area contributed by atoms with Crippen molar-refractivity contribution in [2.24, 2.45) is 0 Å². The second-order valence-electron chi connectivity index (χ2n) is 6.65. The first-order valence-corrected chi connectivity index (χ1v) is 9.63. The molecule has 0 spiro atoms. The maximum atomic E-state index is 13.1. The molecule has 162 valence electrons. The average Bonchev–Trinajstić information content (AvgIpc) is 3.29. The number of benzene rings is 2. The van der Waals surface area contributed by atoms with E-state index in [2.05, 4.69) is 14.6 Å².